The van der Waals surface area contributed by atoms with E-state index in [1.54, 1.807) is 18.3 Å². The third kappa shape index (κ3) is 3.48. The number of allylic oxidation sites excluding steroid dienone is 4. The molecule has 0 spiro atoms. The summed E-state index contributed by atoms with van der Waals surface area (Å²) in [5.41, 5.74) is 6.66. The number of aromatic nitrogens is 1. The Labute approximate surface area is 183 Å². The van der Waals surface area contributed by atoms with Gasteiger partial charge in [0.25, 0.3) is 0 Å². The molecule has 5 heteroatoms. The van der Waals surface area contributed by atoms with E-state index in [-0.39, 0.29) is 22.4 Å². The van der Waals surface area contributed by atoms with Gasteiger partial charge in [-0.3, -0.25) is 9.78 Å². The molecule has 1 aromatic carbocycles. The summed E-state index contributed by atoms with van der Waals surface area (Å²) in [6.45, 7) is 10.9. The summed E-state index contributed by atoms with van der Waals surface area (Å²) in [5.74, 6) is 5.92. The van der Waals surface area contributed by atoms with Crippen molar-refractivity contribution in [3.8, 4) is 0 Å². The van der Waals surface area contributed by atoms with Crippen LogP contribution < -0.4 is 5.84 Å². The van der Waals surface area contributed by atoms with Crippen LogP contribution in [0.5, 0.6) is 0 Å². The monoisotopic (exact) mass is 415 g/mol. The number of aryl methyl sites for hydroxylation is 1. The minimum absolute atomic E-state index is 0.0440. The molecular weight excluding hydrogens is 386 g/mol. The molecule has 160 valence electrons. The van der Waals surface area contributed by atoms with Crippen LogP contribution in [0.4, 0.5) is 0 Å². The van der Waals surface area contributed by atoms with Gasteiger partial charge < -0.3 is 10.9 Å². The number of carbonyl (C=O) groups excluding carboxylic acids is 1. The highest BCUT2D eigenvalue weighted by Crippen LogP contribution is 2.42. The second-order valence-corrected chi connectivity index (χ2v) is 9.64. The van der Waals surface area contributed by atoms with Gasteiger partial charge in [-0.05, 0) is 35.7 Å². The fourth-order valence-electron chi connectivity index (χ4n) is 4.55. The fourth-order valence-corrected chi connectivity index (χ4v) is 4.55. The number of rotatable bonds is 3. The number of hydrogen-bond donors (Lipinski definition) is 2. The minimum Gasteiger partial charge on any atom is -0.512 e. The number of ketones is 1. The SMILES string of the molecule is Cc1cc2c(cc1/C(=N\N)c1ccc(C3=C(O)CCC3=O)cn1)C(C)(C)C=CC2(C)C. The lowest BCUT2D eigenvalue weighted by Gasteiger charge is -2.37. The predicted octanol–water partition coefficient (Wildman–Crippen LogP) is 4.86. The zero-order valence-corrected chi connectivity index (χ0v) is 18.8. The molecule has 0 atom stereocenters. The zero-order valence-electron chi connectivity index (χ0n) is 18.8. The number of aliphatic hydroxyl groups excluding tert-OH is 1. The highest BCUT2D eigenvalue weighted by Gasteiger charge is 2.34. The first kappa shape index (κ1) is 21.0. The highest BCUT2D eigenvalue weighted by molar-refractivity contribution is 6.23. The Morgan fingerprint density at radius 1 is 1.06 bits per heavy atom. The molecule has 0 unspecified atom stereocenters. The first-order valence-electron chi connectivity index (χ1n) is 10.6. The molecule has 2 aromatic rings. The maximum Gasteiger partial charge on any atom is 0.167 e. The first-order valence-corrected chi connectivity index (χ1v) is 10.6. The molecule has 0 fully saturated rings. The largest absolute Gasteiger partial charge is 0.512 e. The van der Waals surface area contributed by atoms with E-state index in [1.165, 1.54) is 11.1 Å². The van der Waals surface area contributed by atoms with Crippen molar-refractivity contribution in [3.05, 3.63) is 81.9 Å². The number of hydrogen-bond acceptors (Lipinski definition) is 5. The summed E-state index contributed by atoms with van der Waals surface area (Å²) < 4.78 is 0. The average molecular weight is 416 g/mol. The molecule has 1 heterocycles. The molecule has 2 aliphatic carbocycles. The van der Waals surface area contributed by atoms with Gasteiger partial charge in [0, 0.05) is 41.0 Å². The van der Waals surface area contributed by atoms with Crippen LogP contribution in [0.25, 0.3) is 5.57 Å². The van der Waals surface area contributed by atoms with E-state index in [9.17, 15) is 9.90 Å². The molecule has 31 heavy (non-hydrogen) atoms. The van der Waals surface area contributed by atoms with Crippen molar-refractivity contribution in [2.24, 2.45) is 10.9 Å². The van der Waals surface area contributed by atoms with Crippen LogP contribution in [-0.4, -0.2) is 21.6 Å². The van der Waals surface area contributed by atoms with Crippen LogP contribution in [0.1, 0.15) is 74.0 Å². The summed E-state index contributed by atoms with van der Waals surface area (Å²) in [6.07, 6.45) is 6.88. The van der Waals surface area contributed by atoms with Crippen molar-refractivity contribution in [2.45, 2.75) is 58.3 Å². The van der Waals surface area contributed by atoms with E-state index in [0.29, 0.717) is 35.4 Å². The van der Waals surface area contributed by atoms with Gasteiger partial charge in [-0.25, -0.2) is 0 Å². The first-order chi connectivity index (χ1) is 14.5. The van der Waals surface area contributed by atoms with Gasteiger partial charge in [0.15, 0.2) is 5.78 Å². The second-order valence-electron chi connectivity index (χ2n) is 9.64. The third-order valence-corrected chi connectivity index (χ3v) is 6.50. The summed E-state index contributed by atoms with van der Waals surface area (Å²) in [4.78, 5) is 16.6. The van der Waals surface area contributed by atoms with Gasteiger partial charge in [0.1, 0.15) is 11.5 Å². The fraction of sp³-hybridized carbons (Fsp3) is 0.346. The zero-order chi connectivity index (χ0) is 22.6. The lowest BCUT2D eigenvalue weighted by molar-refractivity contribution is -0.113. The van der Waals surface area contributed by atoms with Gasteiger partial charge in [-0.2, -0.15) is 5.10 Å². The van der Waals surface area contributed by atoms with Crippen molar-refractivity contribution in [1.29, 1.82) is 0 Å². The number of benzene rings is 1. The molecule has 0 aliphatic heterocycles. The molecule has 3 N–H and O–H groups in total. The van der Waals surface area contributed by atoms with Gasteiger partial charge in [0.2, 0.25) is 0 Å². The van der Waals surface area contributed by atoms with E-state index in [4.69, 9.17) is 5.84 Å². The number of carbonyl (C=O) groups is 1. The van der Waals surface area contributed by atoms with Crippen LogP contribution in [-0.2, 0) is 15.6 Å². The van der Waals surface area contributed by atoms with Crippen LogP contribution in [0.15, 0.2) is 53.5 Å². The molecule has 0 saturated heterocycles. The Morgan fingerprint density at radius 3 is 2.23 bits per heavy atom. The molecule has 1 aromatic heterocycles. The van der Waals surface area contributed by atoms with Crippen LogP contribution in [0.3, 0.4) is 0 Å². The van der Waals surface area contributed by atoms with Crippen molar-refractivity contribution < 1.29 is 9.90 Å². The van der Waals surface area contributed by atoms with Crippen molar-refractivity contribution in [3.63, 3.8) is 0 Å². The summed E-state index contributed by atoms with van der Waals surface area (Å²) in [6, 6.07) is 8.02. The lowest BCUT2D eigenvalue weighted by atomic mass is 9.67. The van der Waals surface area contributed by atoms with Gasteiger partial charge in [0.05, 0.1) is 11.3 Å². The van der Waals surface area contributed by atoms with E-state index in [1.807, 2.05) is 0 Å². The van der Waals surface area contributed by atoms with Crippen molar-refractivity contribution in [2.75, 3.05) is 0 Å². The molecule has 0 radical (unpaired) electrons. The predicted molar refractivity (Wildman–Crippen MR) is 124 cm³/mol. The Kier molecular flexibility index (Phi) is 4.88. The number of nitrogens with zero attached hydrogens (tertiary/aromatic N) is 2. The normalized spacial score (nSPS) is 19.6. The number of aliphatic hydroxyl groups is 1. The summed E-state index contributed by atoms with van der Waals surface area (Å²) in [5, 5.41) is 14.1. The molecule has 4 rings (SSSR count). The maximum absolute atomic E-state index is 12.1. The van der Waals surface area contributed by atoms with Crippen molar-refractivity contribution >= 4 is 17.1 Å². The smallest absolute Gasteiger partial charge is 0.167 e. The average Bonchev–Trinajstić information content (AvgIpc) is 3.06. The Balaban J connectivity index is 1.78. The second kappa shape index (κ2) is 7.19. The minimum atomic E-state index is -0.100. The third-order valence-electron chi connectivity index (χ3n) is 6.50. The van der Waals surface area contributed by atoms with Crippen LogP contribution in [0, 0.1) is 6.92 Å². The van der Waals surface area contributed by atoms with Gasteiger partial charge in [-0.1, -0.05) is 52.0 Å². The Bertz CT molecular complexity index is 1170. The molecule has 5 nitrogen and oxygen atoms in total. The van der Waals surface area contributed by atoms with Crippen molar-refractivity contribution in [1.82, 2.24) is 4.98 Å². The van der Waals surface area contributed by atoms with E-state index >= 15 is 0 Å². The Hall–Kier alpha value is -3.21. The van der Waals surface area contributed by atoms with E-state index < -0.39 is 0 Å². The van der Waals surface area contributed by atoms with Gasteiger partial charge >= 0.3 is 0 Å². The molecule has 0 amide bonds. The molecule has 2 aliphatic rings. The maximum atomic E-state index is 12.1. The van der Waals surface area contributed by atoms with E-state index in [0.717, 1.165) is 11.1 Å². The summed E-state index contributed by atoms with van der Waals surface area (Å²) in [7, 11) is 0. The number of hydrazone groups is 1. The molecular formula is C26H29N3O2. The number of Topliss-reactive ketones (excluding diaryl/α,β-unsaturated/α-hetero) is 1. The molecule has 0 saturated carbocycles. The van der Waals surface area contributed by atoms with E-state index in [2.05, 4.69) is 69.0 Å². The van der Waals surface area contributed by atoms with Gasteiger partial charge in [-0.15, -0.1) is 0 Å². The van der Waals surface area contributed by atoms with Crippen LogP contribution >= 0.6 is 0 Å². The van der Waals surface area contributed by atoms with Crippen LogP contribution in [0.2, 0.25) is 0 Å². The number of pyridine rings is 1. The lowest BCUT2D eigenvalue weighted by Crippen LogP contribution is -2.30. The quantitative estimate of drug-likeness (QED) is 0.324. The molecule has 0 bridgehead atoms. The standard InChI is InChI=1S/C26H29N3O2/c1-15-12-18-19(26(4,5)11-10-25(18,2)3)13-17(15)24(29-27)20-7-6-16(14-28-20)23-21(30)8-9-22(23)31/h6-7,10-14,30H,8-9,27H2,1-5H3/b29-24+. The topological polar surface area (TPSA) is 88.6 Å². The number of nitrogens with two attached hydrogens (primary N) is 1. The summed E-state index contributed by atoms with van der Waals surface area (Å²) >= 11 is 0. The highest BCUT2D eigenvalue weighted by atomic mass is 16.3. The Morgan fingerprint density at radius 2 is 1.71 bits per heavy atom. The number of fused-ring (bicyclic) bond motifs is 1.